The number of imidazole rings is 1. The lowest BCUT2D eigenvalue weighted by Crippen LogP contribution is -2.33. The van der Waals surface area contributed by atoms with Gasteiger partial charge in [0.25, 0.3) is 0 Å². The summed E-state index contributed by atoms with van der Waals surface area (Å²) < 4.78 is 36.8. The van der Waals surface area contributed by atoms with E-state index in [2.05, 4.69) is 10.3 Å². The van der Waals surface area contributed by atoms with E-state index in [9.17, 15) is 13.2 Å². The van der Waals surface area contributed by atoms with E-state index < -0.39 is 9.84 Å². The molecule has 32 heavy (non-hydrogen) atoms. The number of carbonyl (C=O) groups excluding carboxylic acids is 1. The molecule has 0 spiro atoms. The lowest BCUT2D eigenvalue weighted by Gasteiger charge is -2.23. The molecule has 1 unspecified atom stereocenters. The smallest absolute Gasteiger partial charge is 0.240 e. The van der Waals surface area contributed by atoms with E-state index in [4.69, 9.17) is 9.47 Å². The van der Waals surface area contributed by atoms with Crippen molar-refractivity contribution in [1.29, 1.82) is 0 Å². The number of benzene rings is 2. The average molecular weight is 456 g/mol. The number of aromatic nitrogens is 2. The Bertz CT molecular complexity index is 1280. The molecule has 2 heterocycles. The zero-order valence-corrected chi connectivity index (χ0v) is 18.6. The van der Waals surface area contributed by atoms with Crippen LogP contribution in [0.5, 0.6) is 11.5 Å². The van der Waals surface area contributed by atoms with E-state index in [1.54, 1.807) is 4.57 Å². The second-order valence-electron chi connectivity index (χ2n) is 8.46. The van der Waals surface area contributed by atoms with Crippen LogP contribution in [0.1, 0.15) is 30.3 Å². The largest absolute Gasteiger partial charge is 0.486 e. The highest BCUT2D eigenvalue weighted by Gasteiger charge is 2.34. The number of sulfone groups is 1. The van der Waals surface area contributed by atoms with E-state index in [0.29, 0.717) is 36.2 Å². The van der Waals surface area contributed by atoms with Crippen LogP contribution >= 0.6 is 0 Å². The molecule has 168 valence electrons. The van der Waals surface area contributed by atoms with Gasteiger partial charge < -0.3 is 19.4 Å². The standard InChI is InChI=1S/C23H25N3O5S/c1-32(28,29)14-21-24-17-4-2-3-5-18(17)26(21)13-22(27)25-23(15-6-7-15)16-8-9-19-20(12-16)31-11-10-30-19/h2-5,8-9,12,15,23H,6-7,10-11,13-14H2,1H3,(H,25,27). The molecule has 2 aromatic carbocycles. The first-order valence-electron chi connectivity index (χ1n) is 10.7. The Kier molecular flexibility index (Phi) is 5.28. The van der Waals surface area contributed by atoms with Gasteiger partial charge in [-0.15, -0.1) is 0 Å². The number of carbonyl (C=O) groups is 1. The maximum absolute atomic E-state index is 13.1. The summed E-state index contributed by atoms with van der Waals surface area (Å²) in [6.45, 7) is 1.04. The quantitative estimate of drug-likeness (QED) is 0.588. The minimum absolute atomic E-state index is 0.000855. The summed E-state index contributed by atoms with van der Waals surface area (Å²) in [5.74, 6) is 1.75. The van der Waals surface area contributed by atoms with Crippen LogP contribution in [0.3, 0.4) is 0 Å². The predicted octanol–water partition coefficient (Wildman–Crippen LogP) is 2.62. The van der Waals surface area contributed by atoms with Gasteiger partial charge in [-0.2, -0.15) is 0 Å². The van der Waals surface area contributed by atoms with Gasteiger partial charge in [0.2, 0.25) is 5.91 Å². The number of fused-ring (bicyclic) bond motifs is 2. The van der Waals surface area contributed by atoms with Gasteiger partial charge in [-0.3, -0.25) is 4.79 Å². The Morgan fingerprint density at radius 1 is 1.16 bits per heavy atom. The van der Waals surface area contributed by atoms with Crippen LogP contribution in [0.2, 0.25) is 0 Å². The minimum Gasteiger partial charge on any atom is -0.486 e. The van der Waals surface area contributed by atoms with Gasteiger partial charge in [-0.1, -0.05) is 18.2 Å². The van der Waals surface area contributed by atoms with Crippen molar-refractivity contribution in [1.82, 2.24) is 14.9 Å². The second kappa shape index (κ2) is 8.12. The fourth-order valence-electron chi connectivity index (χ4n) is 4.17. The third-order valence-electron chi connectivity index (χ3n) is 5.76. The van der Waals surface area contributed by atoms with E-state index in [-0.39, 0.29) is 24.2 Å². The zero-order valence-electron chi connectivity index (χ0n) is 17.8. The number of nitrogens with one attached hydrogen (secondary N) is 1. The number of nitrogens with zero attached hydrogens (tertiary/aromatic N) is 2. The molecule has 2 aliphatic rings. The topological polar surface area (TPSA) is 99.5 Å². The highest BCUT2D eigenvalue weighted by molar-refractivity contribution is 7.89. The van der Waals surface area contributed by atoms with Crippen molar-refractivity contribution in [3.8, 4) is 11.5 Å². The molecule has 1 saturated carbocycles. The highest BCUT2D eigenvalue weighted by Crippen LogP contribution is 2.43. The minimum atomic E-state index is -3.30. The lowest BCUT2D eigenvalue weighted by atomic mass is 10.0. The number of para-hydroxylation sites is 2. The van der Waals surface area contributed by atoms with Gasteiger partial charge in [0, 0.05) is 6.26 Å². The molecule has 0 saturated heterocycles. The van der Waals surface area contributed by atoms with Gasteiger partial charge in [-0.05, 0) is 48.6 Å². The molecule has 0 radical (unpaired) electrons. The summed E-state index contributed by atoms with van der Waals surface area (Å²) in [6, 6.07) is 13.0. The highest BCUT2D eigenvalue weighted by atomic mass is 32.2. The van der Waals surface area contributed by atoms with Crippen LogP contribution in [-0.2, 0) is 26.9 Å². The number of amides is 1. The molecule has 1 aromatic heterocycles. The zero-order chi connectivity index (χ0) is 22.3. The molecule has 1 aliphatic carbocycles. The molecule has 1 N–H and O–H groups in total. The first-order chi connectivity index (χ1) is 15.4. The van der Waals surface area contributed by atoms with Crippen LogP contribution in [0.4, 0.5) is 0 Å². The summed E-state index contributed by atoms with van der Waals surface area (Å²) in [7, 11) is -3.30. The van der Waals surface area contributed by atoms with Crippen molar-refractivity contribution in [2.75, 3.05) is 19.5 Å². The SMILES string of the molecule is CS(=O)(=O)Cc1nc2ccccc2n1CC(=O)NC(c1ccc2c(c1)OCCO2)C1CC1. The van der Waals surface area contributed by atoms with Crippen LogP contribution in [0.25, 0.3) is 11.0 Å². The fraction of sp³-hybridized carbons (Fsp3) is 0.391. The Balaban J connectivity index is 1.40. The number of hydrogen-bond donors (Lipinski definition) is 1. The van der Waals surface area contributed by atoms with E-state index >= 15 is 0 Å². The van der Waals surface area contributed by atoms with Crippen LogP contribution in [-0.4, -0.2) is 43.3 Å². The molecule has 5 rings (SSSR count). The Morgan fingerprint density at radius 3 is 2.66 bits per heavy atom. The van der Waals surface area contributed by atoms with Crippen LogP contribution < -0.4 is 14.8 Å². The van der Waals surface area contributed by atoms with E-state index in [1.165, 1.54) is 6.26 Å². The van der Waals surface area contributed by atoms with Gasteiger partial charge in [0.15, 0.2) is 21.3 Å². The number of hydrogen-bond acceptors (Lipinski definition) is 6. The summed E-state index contributed by atoms with van der Waals surface area (Å²) in [5, 5.41) is 3.16. The van der Waals surface area contributed by atoms with Crippen LogP contribution in [0, 0.1) is 5.92 Å². The van der Waals surface area contributed by atoms with Gasteiger partial charge in [-0.25, -0.2) is 13.4 Å². The summed E-state index contributed by atoms with van der Waals surface area (Å²) in [4.78, 5) is 17.6. The van der Waals surface area contributed by atoms with Crippen molar-refractivity contribution in [3.05, 3.63) is 53.9 Å². The molecule has 0 bridgehead atoms. The lowest BCUT2D eigenvalue weighted by molar-refractivity contribution is -0.122. The van der Waals surface area contributed by atoms with Gasteiger partial charge in [0.1, 0.15) is 31.3 Å². The Labute approximate surface area is 186 Å². The Hall–Kier alpha value is -3.07. The molecule has 8 nitrogen and oxygen atoms in total. The van der Waals surface area contributed by atoms with Crippen LogP contribution in [0.15, 0.2) is 42.5 Å². The van der Waals surface area contributed by atoms with Crippen molar-refractivity contribution in [2.24, 2.45) is 5.92 Å². The molecule has 9 heteroatoms. The maximum atomic E-state index is 13.1. The average Bonchev–Trinajstić information content (AvgIpc) is 3.55. The second-order valence-corrected chi connectivity index (χ2v) is 10.6. The van der Waals surface area contributed by atoms with Gasteiger partial charge in [0.05, 0.1) is 17.1 Å². The first kappa shape index (κ1) is 20.8. The third kappa shape index (κ3) is 4.43. The maximum Gasteiger partial charge on any atom is 0.240 e. The molecule has 1 fully saturated rings. The molecule has 1 amide bonds. The van der Waals surface area contributed by atoms with Gasteiger partial charge >= 0.3 is 0 Å². The molecular weight excluding hydrogens is 430 g/mol. The fourth-order valence-corrected chi connectivity index (χ4v) is 4.85. The van der Waals surface area contributed by atoms with E-state index in [1.807, 2.05) is 42.5 Å². The Morgan fingerprint density at radius 2 is 1.91 bits per heavy atom. The normalized spacial score (nSPS) is 16.7. The molecule has 1 atom stereocenters. The third-order valence-corrected chi connectivity index (χ3v) is 6.54. The number of rotatable bonds is 7. The van der Waals surface area contributed by atoms with Crippen molar-refractivity contribution in [3.63, 3.8) is 0 Å². The summed E-state index contributed by atoms with van der Waals surface area (Å²) in [5.41, 5.74) is 2.39. The van der Waals surface area contributed by atoms with Crippen molar-refractivity contribution in [2.45, 2.75) is 31.2 Å². The predicted molar refractivity (Wildman–Crippen MR) is 119 cm³/mol. The molecular formula is C23H25N3O5S. The summed E-state index contributed by atoms with van der Waals surface area (Å²) in [6.07, 6.45) is 3.27. The molecule has 3 aromatic rings. The first-order valence-corrected chi connectivity index (χ1v) is 12.7. The number of ether oxygens (including phenoxy) is 2. The van der Waals surface area contributed by atoms with E-state index in [0.717, 1.165) is 29.7 Å². The monoisotopic (exact) mass is 455 g/mol. The van der Waals surface area contributed by atoms with Crippen molar-refractivity contribution < 1.29 is 22.7 Å². The molecule has 1 aliphatic heterocycles. The van der Waals surface area contributed by atoms with Crippen molar-refractivity contribution >= 4 is 26.8 Å². The summed E-state index contributed by atoms with van der Waals surface area (Å²) >= 11 is 0.